The average Bonchev–Trinajstić information content (AvgIpc) is 2.96. The highest BCUT2D eigenvalue weighted by Gasteiger charge is 2.54. The Hall–Kier alpha value is -2.46. The molecule has 2 aromatic carbocycles. The largest absolute Gasteiger partial charge is 0.497 e. The molecule has 2 heterocycles. The van der Waals surface area contributed by atoms with Crippen LogP contribution in [0.2, 0.25) is 0 Å². The topological polar surface area (TPSA) is 85.4 Å². The van der Waals surface area contributed by atoms with Crippen molar-refractivity contribution in [2.75, 3.05) is 53.0 Å². The number of hydrogen-bond donors (Lipinski definition) is 0. The summed E-state index contributed by atoms with van der Waals surface area (Å²) in [4.78, 5) is 18.0. The van der Waals surface area contributed by atoms with E-state index >= 15 is 0 Å². The van der Waals surface area contributed by atoms with E-state index in [1.54, 1.807) is 19.1 Å². The predicted octanol–water partition coefficient (Wildman–Crippen LogP) is 4.07. The van der Waals surface area contributed by atoms with Gasteiger partial charge in [0.2, 0.25) is 0 Å². The van der Waals surface area contributed by atoms with E-state index in [2.05, 4.69) is 9.80 Å². The van der Waals surface area contributed by atoms with Crippen molar-refractivity contribution in [3.8, 4) is 5.75 Å². The molecule has 8 nitrogen and oxygen atoms in total. The van der Waals surface area contributed by atoms with E-state index in [1.807, 2.05) is 30.3 Å². The fourth-order valence-corrected chi connectivity index (χ4v) is 7.40. The lowest BCUT2D eigenvalue weighted by molar-refractivity contribution is -0.149. The molecule has 9 heteroatoms. The Balaban J connectivity index is 1.53. The molecule has 4 rings (SSSR count). The van der Waals surface area contributed by atoms with Crippen molar-refractivity contribution in [2.24, 2.45) is 0 Å². The molecule has 208 valence electrons. The summed E-state index contributed by atoms with van der Waals surface area (Å²) in [7, 11) is -2.49. The molecule has 1 unspecified atom stereocenters. The normalized spacial score (nSPS) is 19.5. The molecule has 0 radical (unpaired) electrons. The lowest BCUT2D eigenvalue weighted by Crippen LogP contribution is -2.55. The van der Waals surface area contributed by atoms with Crippen LogP contribution >= 0.6 is 0 Å². The summed E-state index contributed by atoms with van der Waals surface area (Å²) >= 11 is 0. The van der Waals surface area contributed by atoms with Crippen molar-refractivity contribution in [2.45, 2.75) is 54.9 Å². The second kappa shape index (κ2) is 13.1. The maximum atomic E-state index is 13.9. The SMILES string of the molecule is CCOC(=O)C1(S(=O)(=O)c2ccc(OC)cc2)CCN(C(OCCN2CCCCC2)c2ccccc2)CC1. The molecule has 2 aliphatic rings. The van der Waals surface area contributed by atoms with Gasteiger partial charge < -0.3 is 19.1 Å². The third-order valence-corrected chi connectivity index (χ3v) is 10.2. The molecule has 0 N–H and O–H groups in total. The lowest BCUT2D eigenvalue weighted by atomic mass is 9.95. The second-order valence-electron chi connectivity index (χ2n) is 9.97. The van der Waals surface area contributed by atoms with Crippen LogP contribution in [-0.2, 0) is 24.1 Å². The average molecular weight is 545 g/mol. The van der Waals surface area contributed by atoms with Gasteiger partial charge in [-0.15, -0.1) is 0 Å². The molecular formula is C29H40N2O6S. The molecule has 0 aliphatic carbocycles. The van der Waals surface area contributed by atoms with Crippen molar-refractivity contribution >= 4 is 15.8 Å². The molecule has 1 atom stereocenters. The van der Waals surface area contributed by atoms with Gasteiger partial charge in [0, 0.05) is 19.6 Å². The molecule has 0 bridgehead atoms. The molecule has 0 amide bonds. The van der Waals surface area contributed by atoms with Crippen LogP contribution in [0.1, 0.15) is 50.8 Å². The Morgan fingerprint density at radius 3 is 2.21 bits per heavy atom. The number of nitrogens with zero attached hydrogens (tertiary/aromatic N) is 2. The second-order valence-corrected chi connectivity index (χ2v) is 12.2. The Kier molecular flexibility index (Phi) is 9.81. The summed E-state index contributed by atoms with van der Waals surface area (Å²) < 4.78 is 43.2. The first-order valence-electron chi connectivity index (χ1n) is 13.6. The molecule has 2 fully saturated rings. The fourth-order valence-electron chi connectivity index (χ4n) is 5.45. The smallest absolute Gasteiger partial charge is 0.327 e. The number of carbonyl (C=O) groups excluding carboxylic acids is 1. The Labute approximate surface area is 226 Å². The maximum absolute atomic E-state index is 13.9. The molecule has 0 saturated carbocycles. The molecule has 2 aliphatic heterocycles. The van der Waals surface area contributed by atoms with Gasteiger partial charge in [0.25, 0.3) is 0 Å². The number of piperidine rings is 2. The molecule has 0 spiro atoms. The summed E-state index contributed by atoms with van der Waals surface area (Å²) in [6.45, 7) is 6.26. The zero-order valence-electron chi connectivity index (χ0n) is 22.5. The van der Waals surface area contributed by atoms with Crippen LogP contribution < -0.4 is 4.74 Å². The van der Waals surface area contributed by atoms with Crippen molar-refractivity contribution < 1.29 is 27.4 Å². The van der Waals surface area contributed by atoms with Crippen LogP contribution in [0.4, 0.5) is 0 Å². The summed E-state index contributed by atoms with van der Waals surface area (Å²) in [5.74, 6) is -0.130. The van der Waals surface area contributed by atoms with Gasteiger partial charge in [-0.3, -0.25) is 9.69 Å². The molecular weight excluding hydrogens is 504 g/mol. The standard InChI is InChI=1S/C29H40N2O6S/c1-3-36-28(32)29(38(33,34)26-14-12-25(35-2)13-15-26)16-20-31(21-17-29)27(24-10-6-4-7-11-24)37-23-22-30-18-8-5-9-19-30/h4,6-7,10-15,27H,3,5,8-9,16-23H2,1-2H3. The van der Waals surface area contributed by atoms with E-state index in [0.29, 0.717) is 25.4 Å². The van der Waals surface area contributed by atoms with Crippen molar-refractivity contribution in [3.63, 3.8) is 0 Å². The number of methoxy groups -OCH3 is 1. The monoisotopic (exact) mass is 544 g/mol. The number of ether oxygens (including phenoxy) is 3. The quantitative estimate of drug-likeness (QED) is 0.392. The Morgan fingerprint density at radius 1 is 0.947 bits per heavy atom. The minimum Gasteiger partial charge on any atom is -0.497 e. The maximum Gasteiger partial charge on any atom is 0.327 e. The highest BCUT2D eigenvalue weighted by atomic mass is 32.2. The predicted molar refractivity (Wildman–Crippen MR) is 146 cm³/mol. The first-order chi connectivity index (χ1) is 18.4. The lowest BCUT2D eigenvalue weighted by Gasteiger charge is -2.42. The first-order valence-corrected chi connectivity index (χ1v) is 15.1. The molecule has 2 saturated heterocycles. The van der Waals surface area contributed by atoms with Crippen LogP contribution in [0.5, 0.6) is 5.75 Å². The summed E-state index contributed by atoms with van der Waals surface area (Å²) in [6.07, 6.45) is 3.68. The minimum atomic E-state index is -4.02. The van der Waals surface area contributed by atoms with Crippen LogP contribution in [0.3, 0.4) is 0 Å². The van der Waals surface area contributed by atoms with Gasteiger partial charge in [0.15, 0.2) is 14.6 Å². The van der Waals surface area contributed by atoms with Gasteiger partial charge in [-0.1, -0.05) is 36.8 Å². The van der Waals surface area contributed by atoms with Gasteiger partial charge in [-0.25, -0.2) is 8.42 Å². The highest BCUT2D eigenvalue weighted by molar-refractivity contribution is 7.93. The van der Waals surface area contributed by atoms with E-state index in [9.17, 15) is 13.2 Å². The molecule has 0 aromatic heterocycles. The van der Waals surface area contributed by atoms with E-state index in [0.717, 1.165) is 25.2 Å². The number of sulfone groups is 1. The minimum absolute atomic E-state index is 0.0946. The number of rotatable bonds is 11. The zero-order valence-corrected chi connectivity index (χ0v) is 23.3. The van der Waals surface area contributed by atoms with Crippen LogP contribution in [0.15, 0.2) is 59.5 Å². The summed E-state index contributed by atoms with van der Waals surface area (Å²) in [5, 5.41) is 0. The van der Waals surface area contributed by atoms with E-state index in [1.165, 1.54) is 38.5 Å². The van der Waals surface area contributed by atoms with Crippen LogP contribution in [0.25, 0.3) is 0 Å². The Morgan fingerprint density at radius 2 is 1.61 bits per heavy atom. The van der Waals surface area contributed by atoms with Gasteiger partial charge in [0.05, 0.1) is 25.2 Å². The van der Waals surface area contributed by atoms with Crippen molar-refractivity contribution in [1.82, 2.24) is 9.80 Å². The summed E-state index contributed by atoms with van der Waals surface area (Å²) in [6, 6.07) is 16.2. The number of likely N-dealkylation sites (tertiary alicyclic amines) is 2. The van der Waals surface area contributed by atoms with Gasteiger partial charge in [-0.2, -0.15) is 0 Å². The van der Waals surface area contributed by atoms with Crippen molar-refractivity contribution in [1.29, 1.82) is 0 Å². The van der Waals surface area contributed by atoms with E-state index in [4.69, 9.17) is 14.2 Å². The van der Waals surface area contributed by atoms with E-state index in [-0.39, 0.29) is 30.6 Å². The number of carbonyl (C=O) groups is 1. The zero-order chi connectivity index (χ0) is 27.0. The number of esters is 1. The van der Waals surface area contributed by atoms with Crippen LogP contribution in [0, 0.1) is 0 Å². The highest BCUT2D eigenvalue weighted by Crippen LogP contribution is 2.39. The number of benzene rings is 2. The molecule has 38 heavy (non-hydrogen) atoms. The first kappa shape index (κ1) is 28.5. The van der Waals surface area contributed by atoms with Crippen LogP contribution in [-0.4, -0.2) is 82.0 Å². The fraction of sp³-hybridized carbons (Fsp3) is 0.552. The third-order valence-electron chi connectivity index (χ3n) is 7.69. The van der Waals surface area contributed by atoms with Crippen molar-refractivity contribution in [3.05, 3.63) is 60.2 Å². The Bertz CT molecular complexity index is 1130. The van der Waals surface area contributed by atoms with Gasteiger partial charge in [0.1, 0.15) is 12.0 Å². The van der Waals surface area contributed by atoms with E-state index < -0.39 is 20.6 Å². The van der Waals surface area contributed by atoms with Gasteiger partial charge >= 0.3 is 5.97 Å². The number of hydrogen-bond acceptors (Lipinski definition) is 8. The summed E-state index contributed by atoms with van der Waals surface area (Å²) in [5.41, 5.74) is 1.02. The molecule has 2 aromatic rings. The third kappa shape index (κ3) is 6.22. The van der Waals surface area contributed by atoms with Gasteiger partial charge in [-0.05, 0) is 75.5 Å².